The average Bonchev–Trinajstić information content (AvgIpc) is 2.49. The first-order valence-corrected chi connectivity index (χ1v) is 6.37. The van der Waals surface area contributed by atoms with Crippen molar-refractivity contribution in [3.63, 3.8) is 0 Å². The summed E-state index contributed by atoms with van der Waals surface area (Å²) in [5, 5.41) is 17.4. The molecule has 0 radical (unpaired) electrons. The molecule has 1 heterocycles. The lowest BCUT2D eigenvalue weighted by atomic mass is 10.1. The van der Waals surface area contributed by atoms with Gasteiger partial charge in [-0.05, 0) is 38.1 Å². The molecule has 1 aromatic heterocycles. The minimum Gasteiger partial charge on any atom is -0.356 e. The topological polar surface area (TPSA) is 52.8 Å². The molecule has 1 aromatic carbocycles. The number of hydrogen-bond donors (Lipinski definition) is 0. The number of hydrogen-bond acceptors (Lipinski definition) is 4. The third kappa shape index (κ3) is 2.89. The summed E-state index contributed by atoms with van der Waals surface area (Å²) < 4.78 is 0. The summed E-state index contributed by atoms with van der Waals surface area (Å²) in [5.41, 5.74) is 2.33. The van der Waals surface area contributed by atoms with Gasteiger partial charge in [0, 0.05) is 18.7 Å². The Morgan fingerprint density at radius 1 is 1.11 bits per heavy atom. The number of rotatable bonds is 4. The largest absolute Gasteiger partial charge is 0.356 e. The third-order valence-corrected chi connectivity index (χ3v) is 3.03. The maximum atomic E-state index is 8.90. The van der Waals surface area contributed by atoms with Gasteiger partial charge >= 0.3 is 0 Å². The van der Waals surface area contributed by atoms with Gasteiger partial charge in [0.2, 0.25) is 0 Å². The lowest BCUT2D eigenvalue weighted by Crippen LogP contribution is -2.23. The van der Waals surface area contributed by atoms with Crippen LogP contribution < -0.4 is 4.90 Å². The van der Waals surface area contributed by atoms with Crippen LogP contribution in [0.4, 0.5) is 5.82 Å². The Labute approximate surface area is 113 Å². The molecular weight excluding hydrogens is 236 g/mol. The molecule has 0 atom stereocenters. The van der Waals surface area contributed by atoms with Gasteiger partial charge in [-0.3, -0.25) is 0 Å². The van der Waals surface area contributed by atoms with Crippen molar-refractivity contribution < 1.29 is 0 Å². The highest BCUT2D eigenvalue weighted by Crippen LogP contribution is 2.19. The summed E-state index contributed by atoms with van der Waals surface area (Å²) in [5.74, 6) is 0.880. The fraction of sp³-hybridized carbons (Fsp3) is 0.267. The fourth-order valence-electron chi connectivity index (χ4n) is 1.94. The van der Waals surface area contributed by atoms with Crippen LogP contribution in [0.2, 0.25) is 0 Å². The first kappa shape index (κ1) is 13.0. The molecule has 4 heteroatoms. The second-order valence-corrected chi connectivity index (χ2v) is 4.14. The van der Waals surface area contributed by atoms with Crippen LogP contribution in [0.25, 0.3) is 11.3 Å². The molecule has 0 aliphatic rings. The number of nitrogens with zero attached hydrogens (tertiary/aromatic N) is 4. The van der Waals surface area contributed by atoms with E-state index in [1.807, 2.05) is 30.3 Å². The maximum Gasteiger partial charge on any atom is 0.151 e. The van der Waals surface area contributed by atoms with Crippen molar-refractivity contribution in [1.82, 2.24) is 10.2 Å². The molecule has 0 unspecified atom stereocenters. The molecule has 0 saturated carbocycles. The van der Waals surface area contributed by atoms with Crippen molar-refractivity contribution in [2.75, 3.05) is 18.0 Å². The molecule has 0 amide bonds. The van der Waals surface area contributed by atoms with Gasteiger partial charge in [-0.2, -0.15) is 5.26 Å². The summed E-state index contributed by atoms with van der Waals surface area (Å²) in [6, 6.07) is 13.4. The molecule has 0 fully saturated rings. The highest BCUT2D eigenvalue weighted by Gasteiger charge is 2.06. The van der Waals surface area contributed by atoms with Gasteiger partial charge in [0.05, 0.1) is 17.3 Å². The minimum atomic E-state index is 0.632. The Morgan fingerprint density at radius 2 is 1.89 bits per heavy atom. The van der Waals surface area contributed by atoms with Gasteiger partial charge in [-0.15, -0.1) is 10.2 Å². The average molecular weight is 252 g/mol. The molecule has 96 valence electrons. The van der Waals surface area contributed by atoms with Crippen LogP contribution in [0.5, 0.6) is 0 Å². The normalized spacial score (nSPS) is 9.95. The fourth-order valence-corrected chi connectivity index (χ4v) is 1.94. The predicted octanol–water partition coefficient (Wildman–Crippen LogP) is 2.86. The van der Waals surface area contributed by atoms with Crippen LogP contribution in [0, 0.1) is 11.3 Å². The lowest BCUT2D eigenvalue weighted by molar-refractivity contribution is 0.826. The molecule has 0 aliphatic carbocycles. The summed E-state index contributed by atoms with van der Waals surface area (Å²) in [6.45, 7) is 6.01. The second-order valence-electron chi connectivity index (χ2n) is 4.14. The van der Waals surface area contributed by atoms with Crippen LogP contribution in [0.15, 0.2) is 36.4 Å². The molecule has 0 saturated heterocycles. The molecular formula is C15H16N4. The molecule has 2 rings (SSSR count). The number of anilines is 1. The van der Waals surface area contributed by atoms with Crippen molar-refractivity contribution in [3.8, 4) is 17.3 Å². The second kappa shape index (κ2) is 5.96. The van der Waals surface area contributed by atoms with Crippen LogP contribution in [-0.2, 0) is 0 Å². The van der Waals surface area contributed by atoms with Crippen LogP contribution >= 0.6 is 0 Å². The standard InChI is InChI=1S/C15H16N4/c1-3-19(4-2)15-9-8-14(17-18-15)13-7-5-6-12(10-13)11-16/h5-10H,3-4H2,1-2H3. The van der Waals surface area contributed by atoms with Crippen molar-refractivity contribution in [1.29, 1.82) is 5.26 Å². The molecule has 19 heavy (non-hydrogen) atoms. The van der Waals surface area contributed by atoms with Crippen molar-refractivity contribution in [3.05, 3.63) is 42.0 Å². The van der Waals surface area contributed by atoms with E-state index in [0.717, 1.165) is 30.2 Å². The van der Waals surface area contributed by atoms with Crippen LogP contribution in [0.1, 0.15) is 19.4 Å². The van der Waals surface area contributed by atoms with E-state index < -0.39 is 0 Å². The third-order valence-electron chi connectivity index (χ3n) is 3.03. The van der Waals surface area contributed by atoms with Gasteiger partial charge in [-0.1, -0.05) is 12.1 Å². The Kier molecular flexibility index (Phi) is 4.09. The molecule has 0 aliphatic heterocycles. The van der Waals surface area contributed by atoms with Crippen molar-refractivity contribution in [2.24, 2.45) is 0 Å². The number of benzene rings is 1. The highest BCUT2D eigenvalue weighted by atomic mass is 15.3. The molecule has 2 aromatic rings. The van der Waals surface area contributed by atoms with E-state index in [0.29, 0.717) is 5.56 Å². The van der Waals surface area contributed by atoms with E-state index >= 15 is 0 Å². The monoisotopic (exact) mass is 252 g/mol. The zero-order valence-electron chi connectivity index (χ0n) is 11.2. The zero-order chi connectivity index (χ0) is 13.7. The van der Waals surface area contributed by atoms with Crippen molar-refractivity contribution >= 4 is 5.82 Å². The number of nitriles is 1. The van der Waals surface area contributed by atoms with Crippen molar-refractivity contribution in [2.45, 2.75) is 13.8 Å². The van der Waals surface area contributed by atoms with E-state index in [-0.39, 0.29) is 0 Å². The first-order chi connectivity index (χ1) is 9.28. The van der Waals surface area contributed by atoms with Gasteiger partial charge < -0.3 is 4.90 Å². The van der Waals surface area contributed by atoms with Gasteiger partial charge in [0.25, 0.3) is 0 Å². The molecule has 0 N–H and O–H groups in total. The summed E-state index contributed by atoms with van der Waals surface area (Å²) >= 11 is 0. The smallest absolute Gasteiger partial charge is 0.151 e. The predicted molar refractivity (Wildman–Crippen MR) is 75.7 cm³/mol. The maximum absolute atomic E-state index is 8.90. The Bertz CT molecular complexity index is 580. The van der Waals surface area contributed by atoms with E-state index in [1.54, 1.807) is 6.07 Å². The van der Waals surface area contributed by atoms with Gasteiger partial charge in [-0.25, -0.2) is 0 Å². The van der Waals surface area contributed by atoms with E-state index in [9.17, 15) is 0 Å². The molecule has 0 bridgehead atoms. The van der Waals surface area contributed by atoms with E-state index in [4.69, 9.17) is 5.26 Å². The summed E-state index contributed by atoms with van der Waals surface area (Å²) in [4.78, 5) is 2.14. The Hall–Kier alpha value is -2.41. The van der Waals surface area contributed by atoms with Gasteiger partial charge in [0.15, 0.2) is 5.82 Å². The SMILES string of the molecule is CCN(CC)c1ccc(-c2cccc(C#N)c2)nn1. The summed E-state index contributed by atoms with van der Waals surface area (Å²) in [6.07, 6.45) is 0. The minimum absolute atomic E-state index is 0.632. The zero-order valence-corrected chi connectivity index (χ0v) is 11.2. The van der Waals surface area contributed by atoms with Crippen LogP contribution in [0.3, 0.4) is 0 Å². The quantitative estimate of drug-likeness (QED) is 0.839. The van der Waals surface area contributed by atoms with Gasteiger partial charge in [0.1, 0.15) is 0 Å². The summed E-state index contributed by atoms with van der Waals surface area (Å²) in [7, 11) is 0. The van der Waals surface area contributed by atoms with E-state index in [2.05, 4.69) is 35.0 Å². The first-order valence-electron chi connectivity index (χ1n) is 6.37. The molecule has 4 nitrogen and oxygen atoms in total. The lowest BCUT2D eigenvalue weighted by Gasteiger charge is -2.18. The van der Waals surface area contributed by atoms with Crippen LogP contribution in [-0.4, -0.2) is 23.3 Å². The van der Waals surface area contributed by atoms with E-state index in [1.165, 1.54) is 0 Å². The number of aromatic nitrogens is 2. The Balaban J connectivity index is 2.29. The molecule has 0 spiro atoms. The highest BCUT2D eigenvalue weighted by molar-refractivity contribution is 5.61. The Morgan fingerprint density at radius 3 is 2.47 bits per heavy atom.